The maximum absolute atomic E-state index is 12.3. The number of carbonyl (C=O) groups is 1. The number of hydrogen-bond donors (Lipinski definition) is 1. The number of aromatic nitrogens is 1. The first-order valence-electron chi connectivity index (χ1n) is 7.47. The van der Waals surface area contributed by atoms with Crippen molar-refractivity contribution < 1.29 is 4.79 Å². The molecule has 1 aliphatic carbocycles. The number of rotatable bonds is 4. The number of thiophene rings is 1. The van der Waals surface area contributed by atoms with E-state index in [9.17, 15) is 4.79 Å². The van der Waals surface area contributed by atoms with Gasteiger partial charge in [0.2, 0.25) is 0 Å². The Bertz CT molecular complexity index is 619. The third-order valence-electron chi connectivity index (χ3n) is 3.71. The Morgan fingerprint density at radius 3 is 2.90 bits per heavy atom. The van der Waals surface area contributed by atoms with Gasteiger partial charge in [-0.05, 0) is 37.3 Å². The van der Waals surface area contributed by atoms with Gasteiger partial charge in [-0.3, -0.25) is 4.79 Å². The van der Waals surface area contributed by atoms with Crippen molar-refractivity contribution in [2.45, 2.75) is 52.0 Å². The zero-order chi connectivity index (χ0) is 14.8. The molecular formula is C16H20N2OS2. The number of amides is 1. The van der Waals surface area contributed by atoms with Gasteiger partial charge in [0.25, 0.3) is 5.91 Å². The Hall–Kier alpha value is -1.20. The summed E-state index contributed by atoms with van der Waals surface area (Å²) in [6.45, 7) is 4.79. The summed E-state index contributed by atoms with van der Waals surface area (Å²) < 4.78 is 0. The molecule has 0 radical (unpaired) electrons. The number of thiazole rings is 1. The fraction of sp³-hybridized carbons (Fsp3) is 0.500. The molecule has 0 aliphatic heterocycles. The zero-order valence-corrected chi connectivity index (χ0v) is 14.1. The van der Waals surface area contributed by atoms with Crippen LogP contribution in [-0.4, -0.2) is 10.9 Å². The Balaban J connectivity index is 1.62. The van der Waals surface area contributed by atoms with Crippen molar-refractivity contribution in [1.29, 1.82) is 0 Å². The van der Waals surface area contributed by atoms with Crippen LogP contribution in [0.4, 0.5) is 0 Å². The molecule has 0 saturated heterocycles. The molecule has 2 aromatic rings. The van der Waals surface area contributed by atoms with Crippen molar-refractivity contribution in [1.82, 2.24) is 10.3 Å². The molecule has 2 heterocycles. The topological polar surface area (TPSA) is 42.0 Å². The zero-order valence-electron chi connectivity index (χ0n) is 12.4. The van der Waals surface area contributed by atoms with Crippen molar-refractivity contribution in [2.24, 2.45) is 0 Å². The molecule has 5 heteroatoms. The monoisotopic (exact) mass is 320 g/mol. The molecule has 3 rings (SSSR count). The van der Waals surface area contributed by atoms with E-state index in [0.717, 1.165) is 28.4 Å². The van der Waals surface area contributed by atoms with E-state index in [0.29, 0.717) is 12.5 Å². The first kappa shape index (κ1) is 14.7. The van der Waals surface area contributed by atoms with Crippen molar-refractivity contribution in [3.63, 3.8) is 0 Å². The largest absolute Gasteiger partial charge is 0.346 e. The Labute approximate surface area is 133 Å². The predicted octanol–water partition coefficient (Wildman–Crippen LogP) is 4.14. The van der Waals surface area contributed by atoms with E-state index in [4.69, 9.17) is 0 Å². The Kier molecular flexibility index (Phi) is 4.40. The molecule has 0 spiro atoms. The molecule has 3 nitrogen and oxygen atoms in total. The van der Waals surface area contributed by atoms with Crippen LogP contribution in [0.2, 0.25) is 0 Å². The third-order valence-corrected chi connectivity index (χ3v) is 6.14. The van der Waals surface area contributed by atoms with Gasteiger partial charge >= 0.3 is 0 Å². The SMILES string of the molecule is CC(C)c1nc(CNC(=O)c2cc3c(s2)CCCC3)cs1. The minimum absolute atomic E-state index is 0.0356. The highest BCUT2D eigenvalue weighted by molar-refractivity contribution is 7.14. The maximum atomic E-state index is 12.3. The maximum Gasteiger partial charge on any atom is 0.261 e. The van der Waals surface area contributed by atoms with Crippen LogP contribution in [0.25, 0.3) is 0 Å². The van der Waals surface area contributed by atoms with Crippen molar-refractivity contribution in [3.05, 3.63) is 37.5 Å². The van der Waals surface area contributed by atoms with E-state index in [1.165, 1.54) is 23.3 Å². The molecule has 2 aromatic heterocycles. The lowest BCUT2D eigenvalue weighted by Gasteiger charge is -2.08. The summed E-state index contributed by atoms with van der Waals surface area (Å²) in [5, 5.41) is 6.16. The first-order valence-corrected chi connectivity index (χ1v) is 9.17. The molecule has 1 aliphatic rings. The Morgan fingerprint density at radius 1 is 1.38 bits per heavy atom. The summed E-state index contributed by atoms with van der Waals surface area (Å²) in [5.74, 6) is 0.483. The lowest BCUT2D eigenvalue weighted by atomic mass is 9.99. The molecule has 0 unspecified atom stereocenters. The molecule has 0 bridgehead atoms. The second-order valence-corrected chi connectivity index (χ2v) is 7.81. The average molecular weight is 320 g/mol. The van der Waals surface area contributed by atoms with Crippen LogP contribution in [0.1, 0.15) is 63.4 Å². The lowest BCUT2D eigenvalue weighted by Crippen LogP contribution is -2.22. The minimum Gasteiger partial charge on any atom is -0.346 e. The fourth-order valence-corrected chi connectivity index (χ4v) is 4.53. The summed E-state index contributed by atoms with van der Waals surface area (Å²) >= 11 is 3.33. The van der Waals surface area contributed by atoms with E-state index in [-0.39, 0.29) is 5.91 Å². The molecule has 0 atom stereocenters. The molecule has 0 fully saturated rings. The normalized spacial score (nSPS) is 14.2. The number of nitrogens with zero attached hydrogens (tertiary/aromatic N) is 1. The van der Waals surface area contributed by atoms with E-state index in [1.54, 1.807) is 22.7 Å². The summed E-state index contributed by atoms with van der Waals surface area (Å²) in [6.07, 6.45) is 4.77. The number of nitrogens with one attached hydrogen (secondary N) is 1. The third kappa shape index (κ3) is 3.35. The fourth-order valence-electron chi connectivity index (χ4n) is 2.53. The molecule has 0 aromatic carbocycles. The first-order chi connectivity index (χ1) is 10.1. The summed E-state index contributed by atoms with van der Waals surface area (Å²) in [6, 6.07) is 2.08. The summed E-state index contributed by atoms with van der Waals surface area (Å²) in [5.41, 5.74) is 2.34. The van der Waals surface area contributed by atoms with Crippen LogP contribution in [-0.2, 0) is 19.4 Å². The molecule has 1 N–H and O–H groups in total. The highest BCUT2D eigenvalue weighted by Gasteiger charge is 2.17. The molecule has 1 amide bonds. The van der Waals surface area contributed by atoms with Gasteiger partial charge in [-0.15, -0.1) is 22.7 Å². The van der Waals surface area contributed by atoms with E-state index in [1.807, 2.05) is 5.38 Å². The smallest absolute Gasteiger partial charge is 0.261 e. The highest BCUT2D eigenvalue weighted by atomic mass is 32.1. The van der Waals surface area contributed by atoms with Crippen molar-refractivity contribution in [3.8, 4) is 0 Å². The van der Waals surface area contributed by atoms with Crippen LogP contribution in [0.15, 0.2) is 11.4 Å². The van der Waals surface area contributed by atoms with Gasteiger partial charge in [0.05, 0.1) is 22.1 Å². The van der Waals surface area contributed by atoms with Gasteiger partial charge in [-0.25, -0.2) is 4.98 Å². The van der Waals surface area contributed by atoms with Crippen molar-refractivity contribution >= 4 is 28.6 Å². The average Bonchev–Trinajstić information content (AvgIpc) is 3.11. The van der Waals surface area contributed by atoms with Gasteiger partial charge in [-0.1, -0.05) is 13.8 Å². The van der Waals surface area contributed by atoms with Gasteiger partial charge < -0.3 is 5.32 Å². The second kappa shape index (κ2) is 6.28. The predicted molar refractivity (Wildman–Crippen MR) is 88.3 cm³/mol. The van der Waals surface area contributed by atoms with Crippen LogP contribution in [0.3, 0.4) is 0 Å². The standard InChI is InChI=1S/C16H20N2OS2/c1-10(2)16-18-12(9-20-16)8-17-15(19)14-7-11-5-3-4-6-13(11)21-14/h7,9-10H,3-6,8H2,1-2H3,(H,17,19). The number of fused-ring (bicyclic) bond motifs is 1. The van der Waals surface area contributed by atoms with E-state index in [2.05, 4.69) is 30.2 Å². The van der Waals surface area contributed by atoms with Gasteiger partial charge in [0, 0.05) is 16.2 Å². The lowest BCUT2D eigenvalue weighted by molar-refractivity contribution is 0.0954. The second-order valence-electron chi connectivity index (χ2n) is 5.78. The Morgan fingerprint density at radius 2 is 2.19 bits per heavy atom. The minimum atomic E-state index is 0.0356. The van der Waals surface area contributed by atoms with Crippen LogP contribution in [0, 0.1) is 0 Å². The van der Waals surface area contributed by atoms with Gasteiger partial charge in [-0.2, -0.15) is 0 Å². The van der Waals surface area contributed by atoms with Gasteiger partial charge in [0.1, 0.15) is 0 Å². The highest BCUT2D eigenvalue weighted by Crippen LogP contribution is 2.29. The summed E-state index contributed by atoms with van der Waals surface area (Å²) in [7, 11) is 0. The quantitative estimate of drug-likeness (QED) is 0.920. The van der Waals surface area contributed by atoms with E-state index < -0.39 is 0 Å². The number of hydrogen-bond acceptors (Lipinski definition) is 4. The summed E-state index contributed by atoms with van der Waals surface area (Å²) in [4.78, 5) is 19.1. The van der Waals surface area contributed by atoms with Crippen molar-refractivity contribution in [2.75, 3.05) is 0 Å². The molecule has 112 valence electrons. The van der Waals surface area contributed by atoms with Crippen LogP contribution >= 0.6 is 22.7 Å². The molecular weight excluding hydrogens is 300 g/mol. The number of aryl methyl sites for hydroxylation is 2. The van der Waals surface area contributed by atoms with Gasteiger partial charge in [0.15, 0.2) is 0 Å². The van der Waals surface area contributed by atoms with Crippen LogP contribution < -0.4 is 5.32 Å². The number of carbonyl (C=O) groups excluding carboxylic acids is 1. The molecule has 21 heavy (non-hydrogen) atoms. The molecule has 0 saturated carbocycles. The van der Waals surface area contributed by atoms with E-state index >= 15 is 0 Å². The van der Waals surface area contributed by atoms with Crippen LogP contribution in [0.5, 0.6) is 0 Å².